The van der Waals surface area contributed by atoms with Gasteiger partial charge in [0.1, 0.15) is 0 Å². The first-order valence-corrected chi connectivity index (χ1v) is 6.21. The molecular weight excluding hydrogens is 222 g/mol. The molecule has 0 aromatic carbocycles. The highest BCUT2D eigenvalue weighted by Gasteiger charge is 2.35. The highest BCUT2D eigenvalue weighted by atomic mass is 16.4. The lowest BCUT2D eigenvalue weighted by Crippen LogP contribution is -2.40. The minimum Gasteiger partial charge on any atom is -0.481 e. The van der Waals surface area contributed by atoms with Crippen LogP contribution in [0.4, 0.5) is 0 Å². The molecule has 3 atom stereocenters. The van der Waals surface area contributed by atoms with Crippen molar-refractivity contribution in [2.24, 2.45) is 11.8 Å². The number of carbonyl (C=O) groups is 2. The van der Waals surface area contributed by atoms with Crippen LogP contribution in [0.1, 0.15) is 39.0 Å². The molecule has 0 spiro atoms. The molecule has 98 valence electrons. The van der Waals surface area contributed by atoms with Gasteiger partial charge in [-0.2, -0.15) is 0 Å². The van der Waals surface area contributed by atoms with E-state index in [1.165, 1.54) is 0 Å². The Bertz CT molecular complexity index is 278. The first kappa shape index (κ1) is 14.0. The van der Waals surface area contributed by atoms with Crippen molar-refractivity contribution in [2.75, 3.05) is 6.54 Å². The average Bonchev–Trinajstić information content (AvgIpc) is 2.28. The molecule has 0 aromatic rings. The van der Waals surface area contributed by atoms with Crippen LogP contribution in [0.3, 0.4) is 0 Å². The van der Waals surface area contributed by atoms with E-state index in [1.807, 2.05) is 0 Å². The standard InChI is InChI=1S/C12H21NO4/c1-8(14)6-7-13-11(15)9-4-2-3-5-10(9)12(16)17/h8-10,14H,2-7H2,1H3,(H,13,15)(H,16,17)/t8?,9-,10+/m1/s1. The zero-order valence-corrected chi connectivity index (χ0v) is 10.2. The third-order valence-corrected chi connectivity index (χ3v) is 3.28. The maximum Gasteiger partial charge on any atom is 0.307 e. The fourth-order valence-electron chi connectivity index (χ4n) is 2.28. The Morgan fingerprint density at radius 1 is 1.29 bits per heavy atom. The molecule has 1 unspecified atom stereocenters. The van der Waals surface area contributed by atoms with Crippen molar-refractivity contribution in [1.29, 1.82) is 0 Å². The van der Waals surface area contributed by atoms with E-state index < -0.39 is 23.9 Å². The molecule has 1 rings (SSSR count). The summed E-state index contributed by atoms with van der Waals surface area (Å²) in [4.78, 5) is 22.9. The summed E-state index contributed by atoms with van der Waals surface area (Å²) in [6.45, 7) is 2.06. The molecule has 1 aliphatic rings. The molecule has 1 fully saturated rings. The normalized spacial score (nSPS) is 26.2. The Hall–Kier alpha value is -1.10. The summed E-state index contributed by atoms with van der Waals surface area (Å²) in [5, 5.41) is 20.8. The lowest BCUT2D eigenvalue weighted by molar-refractivity contribution is -0.148. The van der Waals surface area contributed by atoms with Crippen molar-refractivity contribution >= 4 is 11.9 Å². The molecule has 17 heavy (non-hydrogen) atoms. The zero-order valence-electron chi connectivity index (χ0n) is 10.2. The lowest BCUT2D eigenvalue weighted by Gasteiger charge is -2.27. The highest BCUT2D eigenvalue weighted by molar-refractivity contribution is 5.84. The summed E-state index contributed by atoms with van der Waals surface area (Å²) in [6, 6.07) is 0. The number of nitrogens with one attached hydrogen (secondary N) is 1. The minimum absolute atomic E-state index is 0.183. The predicted octanol–water partition coefficient (Wildman–Crippen LogP) is 0.764. The number of hydrogen-bond donors (Lipinski definition) is 3. The molecule has 1 saturated carbocycles. The zero-order chi connectivity index (χ0) is 12.8. The largest absolute Gasteiger partial charge is 0.481 e. The minimum atomic E-state index is -0.875. The molecular formula is C12H21NO4. The molecule has 0 aliphatic heterocycles. The maximum absolute atomic E-state index is 11.8. The highest BCUT2D eigenvalue weighted by Crippen LogP contribution is 2.30. The molecule has 5 nitrogen and oxygen atoms in total. The Morgan fingerprint density at radius 3 is 2.41 bits per heavy atom. The van der Waals surface area contributed by atoms with Crippen molar-refractivity contribution < 1.29 is 19.8 Å². The van der Waals surface area contributed by atoms with Gasteiger partial charge in [0, 0.05) is 6.54 Å². The van der Waals surface area contributed by atoms with Gasteiger partial charge in [-0.15, -0.1) is 0 Å². The Labute approximate surface area is 101 Å². The number of carboxylic acids is 1. The van der Waals surface area contributed by atoms with E-state index >= 15 is 0 Å². The number of aliphatic hydroxyl groups excluding tert-OH is 1. The van der Waals surface area contributed by atoms with E-state index in [9.17, 15) is 9.59 Å². The van der Waals surface area contributed by atoms with E-state index in [0.29, 0.717) is 25.8 Å². The maximum atomic E-state index is 11.8. The number of carbonyl (C=O) groups excluding carboxylic acids is 1. The van der Waals surface area contributed by atoms with Gasteiger partial charge in [0.25, 0.3) is 0 Å². The van der Waals surface area contributed by atoms with Gasteiger partial charge in [-0.3, -0.25) is 9.59 Å². The van der Waals surface area contributed by atoms with Gasteiger partial charge in [0.15, 0.2) is 0 Å². The molecule has 3 N–H and O–H groups in total. The molecule has 0 saturated heterocycles. The summed E-state index contributed by atoms with van der Waals surface area (Å²) in [6.07, 6.45) is 3.08. The lowest BCUT2D eigenvalue weighted by atomic mass is 9.78. The molecule has 1 aliphatic carbocycles. The quantitative estimate of drug-likeness (QED) is 0.665. The SMILES string of the molecule is CC(O)CCNC(=O)[C@@H]1CCCC[C@@H]1C(=O)O. The second kappa shape index (κ2) is 6.59. The van der Waals surface area contributed by atoms with Crippen LogP contribution in [-0.4, -0.2) is 34.7 Å². The molecule has 0 bridgehead atoms. The number of hydrogen-bond acceptors (Lipinski definition) is 3. The van der Waals surface area contributed by atoms with Crippen molar-refractivity contribution in [3.05, 3.63) is 0 Å². The Balaban J connectivity index is 2.45. The third kappa shape index (κ3) is 4.34. The Kier molecular flexibility index (Phi) is 5.41. The van der Waals surface area contributed by atoms with Crippen LogP contribution in [0.25, 0.3) is 0 Å². The molecule has 0 heterocycles. The van der Waals surface area contributed by atoms with Crippen LogP contribution < -0.4 is 5.32 Å². The predicted molar refractivity (Wildman–Crippen MR) is 62.4 cm³/mol. The van der Waals surface area contributed by atoms with Gasteiger partial charge in [-0.25, -0.2) is 0 Å². The second-order valence-corrected chi connectivity index (χ2v) is 4.76. The fraction of sp³-hybridized carbons (Fsp3) is 0.833. The first-order valence-electron chi connectivity index (χ1n) is 6.21. The first-order chi connectivity index (χ1) is 8.02. The molecule has 1 amide bonds. The van der Waals surface area contributed by atoms with Crippen molar-refractivity contribution in [3.63, 3.8) is 0 Å². The summed E-state index contributed by atoms with van der Waals surface area (Å²) >= 11 is 0. The summed E-state index contributed by atoms with van der Waals surface area (Å²) in [5.41, 5.74) is 0. The van der Waals surface area contributed by atoms with Crippen molar-refractivity contribution in [1.82, 2.24) is 5.32 Å². The van der Waals surface area contributed by atoms with Crippen LogP contribution in [0.15, 0.2) is 0 Å². The van der Waals surface area contributed by atoms with E-state index in [0.717, 1.165) is 12.8 Å². The van der Waals surface area contributed by atoms with Gasteiger partial charge < -0.3 is 15.5 Å². The van der Waals surface area contributed by atoms with Crippen LogP contribution in [0.5, 0.6) is 0 Å². The summed E-state index contributed by atoms with van der Waals surface area (Å²) in [5.74, 6) is -2.01. The fourth-order valence-corrected chi connectivity index (χ4v) is 2.28. The van der Waals surface area contributed by atoms with E-state index in [1.54, 1.807) is 6.92 Å². The molecule has 5 heteroatoms. The van der Waals surface area contributed by atoms with Gasteiger partial charge in [0.05, 0.1) is 17.9 Å². The van der Waals surface area contributed by atoms with E-state index in [4.69, 9.17) is 10.2 Å². The van der Waals surface area contributed by atoms with E-state index in [2.05, 4.69) is 5.32 Å². The number of carboxylic acid groups (broad SMARTS) is 1. The smallest absolute Gasteiger partial charge is 0.307 e. The number of rotatable bonds is 5. The third-order valence-electron chi connectivity index (χ3n) is 3.28. The molecule has 0 radical (unpaired) electrons. The monoisotopic (exact) mass is 243 g/mol. The number of amides is 1. The topological polar surface area (TPSA) is 86.6 Å². The average molecular weight is 243 g/mol. The second-order valence-electron chi connectivity index (χ2n) is 4.76. The van der Waals surface area contributed by atoms with Crippen molar-refractivity contribution in [3.8, 4) is 0 Å². The van der Waals surface area contributed by atoms with Gasteiger partial charge in [-0.05, 0) is 26.2 Å². The van der Waals surface area contributed by atoms with Crippen LogP contribution in [-0.2, 0) is 9.59 Å². The summed E-state index contributed by atoms with van der Waals surface area (Å²) < 4.78 is 0. The number of aliphatic hydroxyl groups is 1. The van der Waals surface area contributed by atoms with Crippen LogP contribution in [0.2, 0.25) is 0 Å². The van der Waals surface area contributed by atoms with Crippen LogP contribution in [0, 0.1) is 11.8 Å². The van der Waals surface area contributed by atoms with Crippen molar-refractivity contribution in [2.45, 2.75) is 45.1 Å². The summed E-state index contributed by atoms with van der Waals surface area (Å²) in [7, 11) is 0. The van der Waals surface area contributed by atoms with Gasteiger partial charge >= 0.3 is 5.97 Å². The van der Waals surface area contributed by atoms with E-state index in [-0.39, 0.29) is 5.91 Å². The molecule has 0 aromatic heterocycles. The van der Waals surface area contributed by atoms with Gasteiger partial charge in [-0.1, -0.05) is 12.8 Å². The van der Waals surface area contributed by atoms with Crippen LogP contribution >= 0.6 is 0 Å². The number of aliphatic carboxylic acids is 1. The van der Waals surface area contributed by atoms with Gasteiger partial charge in [0.2, 0.25) is 5.91 Å². The Morgan fingerprint density at radius 2 is 1.88 bits per heavy atom.